The van der Waals surface area contributed by atoms with E-state index in [2.05, 4.69) is 39.9 Å². The second-order valence-corrected chi connectivity index (χ2v) is 8.19. The number of rotatable bonds is 7. The van der Waals surface area contributed by atoms with Crippen molar-refractivity contribution in [1.82, 2.24) is 5.32 Å². The largest absolute Gasteiger partial charge is 0.490 e. The van der Waals surface area contributed by atoms with Crippen LogP contribution in [-0.2, 0) is 0 Å². The highest BCUT2D eigenvalue weighted by Gasteiger charge is 2.25. The van der Waals surface area contributed by atoms with Gasteiger partial charge >= 0.3 is 0 Å². The number of aryl methyl sites for hydroxylation is 2. The van der Waals surface area contributed by atoms with Gasteiger partial charge in [-0.25, -0.2) is 0 Å². The lowest BCUT2D eigenvalue weighted by molar-refractivity contribution is 0.0938. The highest BCUT2D eigenvalue weighted by atomic mass is 16.5. The van der Waals surface area contributed by atoms with Gasteiger partial charge < -0.3 is 15.2 Å². The Kier molecular flexibility index (Phi) is 6.45. The van der Waals surface area contributed by atoms with Crippen LogP contribution in [0.15, 0.2) is 18.2 Å². The minimum absolute atomic E-state index is 0.00217. The summed E-state index contributed by atoms with van der Waals surface area (Å²) < 4.78 is 5.81. The lowest BCUT2D eigenvalue weighted by atomic mass is 9.82. The van der Waals surface area contributed by atoms with E-state index in [-0.39, 0.29) is 11.0 Å². The summed E-state index contributed by atoms with van der Waals surface area (Å²) in [6.07, 6.45) is 0.531. The van der Waals surface area contributed by atoms with E-state index in [0.29, 0.717) is 13.2 Å². The van der Waals surface area contributed by atoms with Gasteiger partial charge in [0, 0.05) is 12.1 Å². The van der Waals surface area contributed by atoms with Gasteiger partial charge in [0.05, 0.1) is 0 Å². The SMILES string of the molecule is Cc1cccc(C)c1OCC(O)CNC(C)(C)CC(C)(C)C. The molecule has 0 aliphatic rings. The second kappa shape index (κ2) is 7.47. The van der Waals surface area contributed by atoms with E-state index >= 15 is 0 Å². The maximum absolute atomic E-state index is 10.2. The third-order valence-corrected chi connectivity index (χ3v) is 3.62. The molecule has 0 aliphatic carbocycles. The zero-order chi connectivity index (χ0) is 17.0. The highest BCUT2D eigenvalue weighted by molar-refractivity contribution is 5.39. The first kappa shape index (κ1) is 19.0. The van der Waals surface area contributed by atoms with Crippen LogP contribution in [0.3, 0.4) is 0 Å². The number of hydrogen-bond acceptors (Lipinski definition) is 3. The number of aliphatic hydroxyl groups is 1. The summed E-state index contributed by atoms with van der Waals surface area (Å²) in [5, 5.41) is 13.6. The van der Waals surface area contributed by atoms with Crippen LogP contribution >= 0.6 is 0 Å². The van der Waals surface area contributed by atoms with Crippen molar-refractivity contribution < 1.29 is 9.84 Å². The molecule has 126 valence electrons. The summed E-state index contributed by atoms with van der Waals surface area (Å²) in [5.41, 5.74) is 2.47. The summed E-state index contributed by atoms with van der Waals surface area (Å²) in [6.45, 7) is 16.0. The minimum atomic E-state index is -0.516. The van der Waals surface area contributed by atoms with Gasteiger partial charge in [-0.1, -0.05) is 39.0 Å². The Morgan fingerprint density at radius 2 is 1.64 bits per heavy atom. The van der Waals surface area contributed by atoms with E-state index in [1.807, 2.05) is 32.0 Å². The molecule has 0 radical (unpaired) electrons. The zero-order valence-electron chi connectivity index (χ0n) is 15.3. The van der Waals surface area contributed by atoms with Gasteiger partial charge in [-0.3, -0.25) is 0 Å². The lowest BCUT2D eigenvalue weighted by Gasteiger charge is -2.34. The van der Waals surface area contributed by atoms with E-state index < -0.39 is 6.10 Å². The molecule has 1 aromatic rings. The Hall–Kier alpha value is -1.06. The van der Waals surface area contributed by atoms with Crippen molar-refractivity contribution in [3.05, 3.63) is 29.3 Å². The molecule has 0 aliphatic heterocycles. The van der Waals surface area contributed by atoms with E-state index in [0.717, 1.165) is 23.3 Å². The Morgan fingerprint density at radius 1 is 1.09 bits per heavy atom. The Labute approximate surface area is 136 Å². The molecule has 22 heavy (non-hydrogen) atoms. The second-order valence-electron chi connectivity index (χ2n) is 8.19. The smallest absolute Gasteiger partial charge is 0.125 e. The fraction of sp³-hybridized carbons (Fsp3) is 0.684. The van der Waals surface area contributed by atoms with Gasteiger partial charge in [-0.2, -0.15) is 0 Å². The average molecular weight is 307 g/mol. The molecule has 0 fully saturated rings. The minimum Gasteiger partial charge on any atom is -0.490 e. The number of hydrogen-bond donors (Lipinski definition) is 2. The van der Waals surface area contributed by atoms with Crippen LogP contribution in [0.2, 0.25) is 0 Å². The molecule has 3 heteroatoms. The third-order valence-electron chi connectivity index (χ3n) is 3.62. The number of β-amino-alcohol motifs (C(OH)–C–C–N with tert-alkyl or cyclic N) is 1. The molecule has 0 amide bonds. The van der Waals surface area contributed by atoms with Crippen LogP contribution in [-0.4, -0.2) is 29.9 Å². The maximum atomic E-state index is 10.2. The monoisotopic (exact) mass is 307 g/mol. The van der Waals surface area contributed by atoms with Gasteiger partial charge in [0.2, 0.25) is 0 Å². The lowest BCUT2D eigenvalue weighted by Crippen LogP contribution is -2.46. The van der Waals surface area contributed by atoms with Gasteiger partial charge in [0.1, 0.15) is 18.5 Å². The molecular formula is C19H33NO2. The molecule has 0 aromatic heterocycles. The van der Waals surface area contributed by atoms with Gasteiger partial charge in [-0.05, 0) is 50.7 Å². The molecule has 0 saturated carbocycles. The Morgan fingerprint density at radius 3 is 2.14 bits per heavy atom. The van der Waals surface area contributed by atoms with E-state index in [1.54, 1.807) is 0 Å². The van der Waals surface area contributed by atoms with Gasteiger partial charge in [-0.15, -0.1) is 0 Å². The summed E-state index contributed by atoms with van der Waals surface area (Å²) >= 11 is 0. The fourth-order valence-electron chi connectivity index (χ4n) is 3.05. The number of aliphatic hydroxyl groups excluding tert-OH is 1. The molecule has 1 rings (SSSR count). The van der Waals surface area contributed by atoms with Crippen molar-refractivity contribution >= 4 is 0 Å². The first-order valence-corrected chi connectivity index (χ1v) is 8.12. The zero-order valence-corrected chi connectivity index (χ0v) is 15.3. The topological polar surface area (TPSA) is 41.5 Å². The predicted molar refractivity (Wildman–Crippen MR) is 93.6 cm³/mol. The van der Waals surface area contributed by atoms with E-state index in [9.17, 15) is 5.11 Å². The van der Waals surface area contributed by atoms with Crippen LogP contribution in [0, 0.1) is 19.3 Å². The quantitative estimate of drug-likeness (QED) is 0.804. The molecule has 0 bridgehead atoms. The molecule has 1 unspecified atom stereocenters. The molecule has 1 aromatic carbocycles. The van der Waals surface area contributed by atoms with Crippen LogP contribution in [0.1, 0.15) is 52.2 Å². The normalized spacial score (nSPS) is 14.0. The first-order valence-electron chi connectivity index (χ1n) is 8.12. The van der Waals surface area contributed by atoms with Gasteiger partial charge in [0.15, 0.2) is 0 Å². The van der Waals surface area contributed by atoms with Gasteiger partial charge in [0.25, 0.3) is 0 Å². The number of benzene rings is 1. The van der Waals surface area contributed by atoms with Crippen molar-refractivity contribution in [3.63, 3.8) is 0 Å². The van der Waals surface area contributed by atoms with Crippen LogP contribution in [0.5, 0.6) is 5.75 Å². The van der Waals surface area contributed by atoms with Crippen LogP contribution in [0.4, 0.5) is 0 Å². The molecule has 0 saturated heterocycles. The molecule has 2 N–H and O–H groups in total. The van der Waals surface area contributed by atoms with E-state index in [4.69, 9.17) is 4.74 Å². The predicted octanol–water partition coefficient (Wildman–Crippen LogP) is 3.85. The number of para-hydroxylation sites is 1. The molecule has 0 heterocycles. The summed E-state index contributed by atoms with van der Waals surface area (Å²) in [6, 6.07) is 6.07. The first-order chi connectivity index (χ1) is 10.0. The summed E-state index contributed by atoms with van der Waals surface area (Å²) in [5.74, 6) is 0.885. The Bertz CT molecular complexity index is 455. The highest BCUT2D eigenvalue weighted by Crippen LogP contribution is 2.26. The van der Waals surface area contributed by atoms with Crippen molar-refractivity contribution in [3.8, 4) is 5.75 Å². The maximum Gasteiger partial charge on any atom is 0.125 e. The summed E-state index contributed by atoms with van der Waals surface area (Å²) in [7, 11) is 0. The fourth-order valence-corrected chi connectivity index (χ4v) is 3.05. The van der Waals surface area contributed by atoms with E-state index in [1.165, 1.54) is 0 Å². The molecule has 1 atom stereocenters. The van der Waals surface area contributed by atoms with Crippen molar-refractivity contribution in [2.75, 3.05) is 13.2 Å². The standard InChI is InChI=1S/C19H33NO2/c1-14-9-8-10-15(2)17(14)22-12-16(21)11-20-19(6,7)13-18(3,4)5/h8-10,16,20-21H,11-13H2,1-7H3. The molecule has 0 spiro atoms. The van der Waals surface area contributed by atoms with Crippen LogP contribution < -0.4 is 10.1 Å². The molecule has 3 nitrogen and oxygen atoms in total. The Balaban J connectivity index is 2.45. The average Bonchev–Trinajstić information content (AvgIpc) is 2.33. The van der Waals surface area contributed by atoms with Crippen LogP contribution in [0.25, 0.3) is 0 Å². The number of nitrogens with one attached hydrogen (secondary N) is 1. The third kappa shape index (κ3) is 6.80. The number of ether oxygens (including phenoxy) is 1. The van der Waals surface area contributed by atoms with Crippen molar-refractivity contribution in [1.29, 1.82) is 0 Å². The molecular weight excluding hydrogens is 274 g/mol. The van der Waals surface area contributed by atoms with Crippen molar-refractivity contribution in [2.24, 2.45) is 5.41 Å². The summed E-state index contributed by atoms with van der Waals surface area (Å²) in [4.78, 5) is 0. The van der Waals surface area contributed by atoms with Crippen molar-refractivity contribution in [2.45, 2.75) is 66.5 Å².